The van der Waals surface area contributed by atoms with Crippen molar-refractivity contribution in [3.8, 4) is 0 Å². The molecule has 0 aliphatic carbocycles. The number of hydrogen-bond acceptors (Lipinski definition) is 2. The summed E-state index contributed by atoms with van der Waals surface area (Å²) in [6.07, 6.45) is -0.761. The third kappa shape index (κ3) is 3.10. The summed E-state index contributed by atoms with van der Waals surface area (Å²) in [5, 5.41) is 8.35. The molecule has 0 spiro atoms. The topological polar surface area (TPSA) is 54.4 Å². The third-order valence-corrected chi connectivity index (χ3v) is 2.48. The highest BCUT2D eigenvalue weighted by Crippen LogP contribution is 2.21. The van der Waals surface area contributed by atoms with Crippen molar-refractivity contribution in [3.05, 3.63) is 33.8 Å². The first-order valence-corrected chi connectivity index (χ1v) is 5.10. The molecule has 1 N–H and O–H groups in total. The monoisotopic (exact) mass is 292 g/mol. The van der Waals surface area contributed by atoms with Crippen molar-refractivity contribution in [2.75, 3.05) is 0 Å². The van der Waals surface area contributed by atoms with Gasteiger partial charge in [0.25, 0.3) is 0 Å². The lowest BCUT2D eigenvalue weighted by molar-refractivity contribution is -0.136. The molecule has 0 bridgehead atoms. The van der Waals surface area contributed by atoms with Gasteiger partial charge in [-0.25, -0.2) is 8.78 Å². The Balaban J connectivity index is 2.91. The van der Waals surface area contributed by atoms with Crippen molar-refractivity contribution in [1.29, 1.82) is 0 Å². The number of ketones is 1. The van der Waals surface area contributed by atoms with Gasteiger partial charge in [-0.15, -0.1) is 0 Å². The van der Waals surface area contributed by atoms with E-state index in [-0.39, 0.29) is 10.9 Å². The van der Waals surface area contributed by atoms with E-state index in [1.807, 2.05) is 0 Å². The summed E-state index contributed by atoms with van der Waals surface area (Å²) < 4.78 is 26.2. The minimum atomic E-state index is -1.16. The lowest BCUT2D eigenvalue weighted by Gasteiger charge is -2.03. The number of halogens is 3. The molecule has 0 amide bonds. The van der Waals surface area contributed by atoms with E-state index >= 15 is 0 Å². The fourth-order valence-corrected chi connectivity index (χ4v) is 1.41. The number of carbonyl (C=O) groups is 2. The highest BCUT2D eigenvalue weighted by Gasteiger charge is 2.15. The summed E-state index contributed by atoms with van der Waals surface area (Å²) in [4.78, 5) is 21.6. The Hall–Kier alpha value is -1.30. The molecule has 1 aromatic carbocycles. The van der Waals surface area contributed by atoms with Gasteiger partial charge in [0.2, 0.25) is 0 Å². The van der Waals surface area contributed by atoms with Crippen LogP contribution in [-0.4, -0.2) is 16.9 Å². The average molecular weight is 293 g/mol. The van der Waals surface area contributed by atoms with Crippen molar-refractivity contribution in [3.63, 3.8) is 0 Å². The van der Waals surface area contributed by atoms with Gasteiger partial charge in [0.05, 0.1) is 16.5 Å². The van der Waals surface area contributed by atoms with Crippen molar-refractivity contribution in [2.24, 2.45) is 0 Å². The number of Topliss-reactive ketones (excluding diaryl/α,β-unsaturated/α-hetero) is 1. The molecule has 0 saturated heterocycles. The molecule has 0 saturated carbocycles. The summed E-state index contributed by atoms with van der Waals surface area (Å²) in [5.41, 5.74) is -0.429. The van der Waals surface area contributed by atoms with Crippen LogP contribution in [0.1, 0.15) is 23.2 Å². The molecule has 1 aromatic rings. The SMILES string of the molecule is O=C(O)CCC(=O)c1cc(F)c(Br)cc1F. The van der Waals surface area contributed by atoms with E-state index in [0.29, 0.717) is 0 Å². The van der Waals surface area contributed by atoms with Crippen molar-refractivity contribution in [2.45, 2.75) is 12.8 Å². The number of rotatable bonds is 4. The minimum Gasteiger partial charge on any atom is -0.481 e. The maximum Gasteiger partial charge on any atom is 0.303 e. The van der Waals surface area contributed by atoms with Crippen molar-refractivity contribution in [1.82, 2.24) is 0 Å². The fourth-order valence-electron chi connectivity index (χ4n) is 1.09. The smallest absolute Gasteiger partial charge is 0.303 e. The first kappa shape index (κ1) is 12.8. The minimum absolute atomic E-state index is 0.0835. The van der Waals surface area contributed by atoms with Crippen LogP contribution in [0.3, 0.4) is 0 Å². The Kier molecular flexibility index (Phi) is 4.12. The molecule has 86 valence electrons. The lowest BCUT2D eigenvalue weighted by atomic mass is 10.1. The molecule has 0 radical (unpaired) electrons. The Morgan fingerprint density at radius 2 is 1.81 bits per heavy atom. The molecule has 0 fully saturated rings. The summed E-state index contributed by atoms with van der Waals surface area (Å²) in [7, 11) is 0. The molecule has 0 unspecified atom stereocenters. The standard InChI is InChI=1S/C10H7BrF2O3/c11-6-4-7(12)5(3-8(6)13)9(14)1-2-10(15)16/h3-4H,1-2H2,(H,15,16). The normalized spacial score (nSPS) is 10.2. The molecule has 1 rings (SSSR count). The van der Waals surface area contributed by atoms with Gasteiger partial charge in [0, 0.05) is 6.42 Å². The van der Waals surface area contributed by atoms with Gasteiger partial charge >= 0.3 is 5.97 Å². The van der Waals surface area contributed by atoms with Crippen LogP contribution in [0.5, 0.6) is 0 Å². The largest absolute Gasteiger partial charge is 0.481 e. The number of carbonyl (C=O) groups excluding carboxylic acids is 1. The van der Waals surface area contributed by atoms with Crippen molar-refractivity contribution < 1.29 is 23.5 Å². The van der Waals surface area contributed by atoms with E-state index in [2.05, 4.69) is 15.9 Å². The van der Waals surface area contributed by atoms with Crippen LogP contribution in [0.4, 0.5) is 8.78 Å². The first-order chi connectivity index (χ1) is 7.41. The molecule has 6 heteroatoms. The number of aliphatic carboxylic acids is 1. The molecule has 0 aliphatic heterocycles. The molecule has 0 heterocycles. The zero-order valence-corrected chi connectivity index (χ0v) is 9.55. The van der Waals surface area contributed by atoms with Crippen LogP contribution in [0.15, 0.2) is 16.6 Å². The van der Waals surface area contributed by atoms with Crippen LogP contribution in [0, 0.1) is 11.6 Å². The second-order valence-electron chi connectivity index (χ2n) is 3.06. The van der Waals surface area contributed by atoms with E-state index < -0.39 is 35.4 Å². The Morgan fingerprint density at radius 3 is 2.38 bits per heavy atom. The highest BCUT2D eigenvalue weighted by molar-refractivity contribution is 9.10. The van der Waals surface area contributed by atoms with Gasteiger partial charge in [0.1, 0.15) is 11.6 Å². The van der Waals surface area contributed by atoms with E-state index in [4.69, 9.17) is 5.11 Å². The molecule has 0 aromatic heterocycles. The zero-order chi connectivity index (χ0) is 12.3. The summed E-state index contributed by atoms with van der Waals surface area (Å²) in [6.45, 7) is 0. The number of hydrogen-bond donors (Lipinski definition) is 1. The van der Waals surface area contributed by atoms with E-state index in [0.717, 1.165) is 12.1 Å². The second kappa shape index (κ2) is 5.16. The Labute approximate surface area is 98.2 Å². The summed E-state index contributed by atoms with van der Waals surface area (Å²) in [5.74, 6) is -3.53. The number of carboxylic acids is 1. The quantitative estimate of drug-likeness (QED) is 0.686. The average Bonchev–Trinajstić information content (AvgIpc) is 2.20. The molecule has 0 atom stereocenters. The highest BCUT2D eigenvalue weighted by atomic mass is 79.9. The molecular weight excluding hydrogens is 286 g/mol. The zero-order valence-electron chi connectivity index (χ0n) is 7.97. The summed E-state index contributed by atoms with van der Waals surface area (Å²) >= 11 is 2.77. The van der Waals surface area contributed by atoms with Gasteiger partial charge in [-0.3, -0.25) is 9.59 Å². The van der Waals surface area contributed by atoms with Gasteiger partial charge < -0.3 is 5.11 Å². The third-order valence-electron chi connectivity index (χ3n) is 1.88. The van der Waals surface area contributed by atoms with Crippen molar-refractivity contribution >= 4 is 27.7 Å². The number of carboxylic acid groups (broad SMARTS) is 1. The molecular formula is C10H7BrF2O3. The van der Waals surface area contributed by atoms with E-state index in [9.17, 15) is 18.4 Å². The number of benzene rings is 1. The molecule has 16 heavy (non-hydrogen) atoms. The maximum absolute atomic E-state index is 13.2. The summed E-state index contributed by atoms with van der Waals surface area (Å²) in [6, 6.07) is 1.59. The first-order valence-electron chi connectivity index (χ1n) is 4.31. The van der Waals surface area contributed by atoms with Gasteiger partial charge in [0.15, 0.2) is 5.78 Å². The van der Waals surface area contributed by atoms with Crippen LogP contribution in [0.25, 0.3) is 0 Å². The van der Waals surface area contributed by atoms with Crippen LogP contribution < -0.4 is 0 Å². The van der Waals surface area contributed by atoms with Gasteiger partial charge in [-0.2, -0.15) is 0 Å². The van der Waals surface area contributed by atoms with Crippen LogP contribution in [-0.2, 0) is 4.79 Å². The van der Waals surface area contributed by atoms with Crippen LogP contribution in [0.2, 0.25) is 0 Å². The molecule has 3 nitrogen and oxygen atoms in total. The predicted octanol–water partition coefficient (Wildman–Crippen LogP) is 2.77. The van der Waals surface area contributed by atoms with E-state index in [1.165, 1.54) is 0 Å². The fraction of sp³-hybridized carbons (Fsp3) is 0.200. The Morgan fingerprint density at radius 1 is 1.19 bits per heavy atom. The lowest BCUT2D eigenvalue weighted by Crippen LogP contribution is -2.06. The second-order valence-corrected chi connectivity index (χ2v) is 3.92. The van der Waals surface area contributed by atoms with Gasteiger partial charge in [-0.05, 0) is 28.1 Å². The van der Waals surface area contributed by atoms with E-state index in [1.54, 1.807) is 0 Å². The predicted molar refractivity (Wildman–Crippen MR) is 55.3 cm³/mol. The maximum atomic E-state index is 13.2. The van der Waals surface area contributed by atoms with Crippen LogP contribution >= 0.6 is 15.9 Å². The van der Waals surface area contributed by atoms with Gasteiger partial charge in [-0.1, -0.05) is 0 Å². The molecule has 0 aliphatic rings. The Bertz CT molecular complexity index is 446.